The van der Waals surface area contributed by atoms with Gasteiger partial charge in [0.05, 0.1) is 0 Å². The highest BCUT2D eigenvalue weighted by Gasteiger charge is 1.98. The molecule has 2 nitrogen and oxygen atoms in total. The van der Waals surface area contributed by atoms with Gasteiger partial charge >= 0.3 is 29.0 Å². The lowest BCUT2D eigenvalue weighted by atomic mass is 10.1. The van der Waals surface area contributed by atoms with Crippen LogP contribution in [-0.2, 0) is 17.6 Å². The van der Waals surface area contributed by atoms with Crippen LogP contribution >= 0.6 is 0 Å². The molecule has 0 aliphatic rings. The predicted molar refractivity (Wildman–Crippen MR) is 64.9 cm³/mol. The van der Waals surface area contributed by atoms with E-state index >= 15 is 0 Å². The van der Waals surface area contributed by atoms with Gasteiger partial charge in [-0.1, -0.05) is 37.6 Å². The van der Waals surface area contributed by atoms with Crippen molar-refractivity contribution in [1.82, 2.24) is 0 Å². The summed E-state index contributed by atoms with van der Waals surface area (Å²) < 4.78 is 0. The first-order valence-corrected chi connectivity index (χ1v) is 5.02. The number of hydrogen-bond acceptors (Lipinski definition) is 1. The summed E-state index contributed by atoms with van der Waals surface area (Å²) in [5.41, 5.74) is 2.43. The molecule has 1 N–H and O–H groups in total. The molecule has 0 saturated heterocycles. The summed E-state index contributed by atoms with van der Waals surface area (Å²) in [5, 5.41) is 8.51. The van der Waals surface area contributed by atoms with Crippen molar-refractivity contribution in [3.05, 3.63) is 35.4 Å². The van der Waals surface area contributed by atoms with E-state index in [1.807, 2.05) is 12.1 Å². The molecule has 0 aromatic heterocycles. The van der Waals surface area contributed by atoms with Crippen LogP contribution in [0.4, 0.5) is 0 Å². The number of rotatable bonds is 5. The fraction of sp³-hybridized carbons (Fsp3) is 0.417. The van der Waals surface area contributed by atoms with Gasteiger partial charge in [-0.05, 0) is 24.0 Å². The molecule has 0 radical (unpaired) electrons. The molecule has 0 aliphatic carbocycles. The highest BCUT2D eigenvalue weighted by atomic mass is 24.3. The van der Waals surface area contributed by atoms with Crippen molar-refractivity contribution in [1.29, 1.82) is 0 Å². The third-order valence-electron chi connectivity index (χ3n) is 2.19. The van der Waals surface area contributed by atoms with Gasteiger partial charge < -0.3 is 5.11 Å². The van der Waals surface area contributed by atoms with Gasteiger partial charge in [0.15, 0.2) is 0 Å². The second kappa shape index (κ2) is 7.71. The molecule has 0 bridgehead atoms. The molecule has 0 unspecified atom stereocenters. The van der Waals surface area contributed by atoms with Crippen molar-refractivity contribution >= 4 is 29.0 Å². The van der Waals surface area contributed by atoms with Crippen molar-refractivity contribution < 1.29 is 9.90 Å². The van der Waals surface area contributed by atoms with Crippen molar-refractivity contribution in [3.63, 3.8) is 0 Å². The van der Waals surface area contributed by atoms with E-state index in [0.29, 0.717) is 6.42 Å². The minimum Gasteiger partial charge on any atom is -0.481 e. The molecule has 0 aliphatic heterocycles. The maximum atomic E-state index is 10.3. The van der Waals surface area contributed by atoms with Crippen LogP contribution in [0, 0.1) is 0 Å². The monoisotopic (exact) mass is 218 g/mol. The maximum absolute atomic E-state index is 10.3. The number of carbonyl (C=O) groups is 1. The largest absolute Gasteiger partial charge is 0.481 e. The Hall–Kier alpha value is -0.544. The molecule has 0 heterocycles. The van der Waals surface area contributed by atoms with Gasteiger partial charge in [-0.15, -0.1) is 0 Å². The quantitative estimate of drug-likeness (QED) is 0.765. The third-order valence-corrected chi connectivity index (χ3v) is 2.19. The summed E-state index contributed by atoms with van der Waals surface area (Å²) in [5.74, 6) is -0.734. The number of benzene rings is 1. The SMILES string of the molecule is CCCc1ccc(CCC(=O)O)cc1.[MgH2]. The first kappa shape index (κ1) is 14.5. The molecule has 3 heteroatoms. The number of hydrogen-bond donors (Lipinski definition) is 1. The summed E-state index contributed by atoms with van der Waals surface area (Å²) >= 11 is 0. The minimum atomic E-state index is -0.734. The molecule has 0 atom stereocenters. The van der Waals surface area contributed by atoms with Crippen LogP contribution in [0.5, 0.6) is 0 Å². The normalized spacial score (nSPS) is 9.40. The smallest absolute Gasteiger partial charge is 0.316 e. The summed E-state index contributed by atoms with van der Waals surface area (Å²) in [7, 11) is 0. The van der Waals surface area contributed by atoms with Crippen LogP contribution < -0.4 is 0 Å². The molecule has 80 valence electrons. The second-order valence-corrected chi connectivity index (χ2v) is 3.46. The average molecular weight is 219 g/mol. The Labute approximate surface area is 107 Å². The van der Waals surface area contributed by atoms with Crippen LogP contribution in [0.1, 0.15) is 30.9 Å². The first-order chi connectivity index (χ1) is 6.72. The lowest BCUT2D eigenvalue weighted by Gasteiger charge is -2.01. The van der Waals surface area contributed by atoms with Gasteiger partial charge in [-0.25, -0.2) is 0 Å². The highest BCUT2D eigenvalue weighted by molar-refractivity contribution is 5.75. The average Bonchev–Trinajstić information content (AvgIpc) is 2.17. The molecule has 0 amide bonds. The topological polar surface area (TPSA) is 37.3 Å². The molecular formula is C12H18MgO2. The Morgan fingerprint density at radius 3 is 2.00 bits per heavy atom. The first-order valence-electron chi connectivity index (χ1n) is 5.02. The van der Waals surface area contributed by atoms with E-state index in [2.05, 4.69) is 19.1 Å². The molecule has 1 aromatic carbocycles. The van der Waals surface area contributed by atoms with Gasteiger partial charge in [-0.2, -0.15) is 0 Å². The summed E-state index contributed by atoms with van der Waals surface area (Å²) in [6, 6.07) is 8.21. The lowest BCUT2D eigenvalue weighted by Crippen LogP contribution is -1.97. The summed E-state index contributed by atoms with van der Waals surface area (Å²) in [6.45, 7) is 2.15. The van der Waals surface area contributed by atoms with Crippen LogP contribution in [0.15, 0.2) is 24.3 Å². The Morgan fingerprint density at radius 2 is 1.60 bits per heavy atom. The van der Waals surface area contributed by atoms with E-state index in [1.54, 1.807) is 0 Å². The van der Waals surface area contributed by atoms with Crippen LogP contribution in [0.25, 0.3) is 0 Å². The number of carboxylic acid groups (broad SMARTS) is 1. The van der Waals surface area contributed by atoms with Gasteiger partial charge in [0, 0.05) is 6.42 Å². The second-order valence-electron chi connectivity index (χ2n) is 3.46. The third kappa shape index (κ3) is 5.80. The fourth-order valence-corrected chi connectivity index (χ4v) is 1.41. The molecule has 0 fully saturated rings. The zero-order valence-electron chi connectivity index (χ0n) is 8.49. The molecule has 1 rings (SSSR count). The van der Waals surface area contributed by atoms with Gasteiger partial charge in [0.1, 0.15) is 0 Å². The van der Waals surface area contributed by atoms with Gasteiger partial charge in [0.25, 0.3) is 0 Å². The Balaban J connectivity index is 0.00000196. The van der Waals surface area contributed by atoms with E-state index in [-0.39, 0.29) is 29.5 Å². The molecule has 15 heavy (non-hydrogen) atoms. The van der Waals surface area contributed by atoms with E-state index < -0.39 is 5.97 Å². The van der Waals surface area contributed by atoms with Crippen LogP contribution in [0.3, 0.4) is 0 Å². The lowest BCUT2D eigenvalue weighted by molar-refractivity contribution is -0.136. The predicted octanol–water partition coefficient (Wildman–Crippen LogP) is 1.74. The number of carboxylic acids is 1. The van der Waals surface area contributed by atoms with Crippen LogP contribution in [-0.4, -0.2) is 34.1 Å². The summed E-state index contributed by atoms with van der Waals surface area (Å²) in [4.78, 5) is 10.3. The zero-order chi connectivity index (χ0) is 10.4. The minimum absolute atomic E-state index is 0. The Morgan fingerprint density at radius 1 is 1.13 bits per heavy atom. The maximum Gasteiger partial charge on any atom is 0.316 e. The van der Waals surface area contributed by atoms with Crippen LogP contribution in [0.2, 0.25) is 0 Å². The van der Waals surface area contributed by atoms with E-state index in [1.165, 1.54) is 5.56 Å². The molecule has 0 saturated carbocycles. The molecule has 1 aromatic rings. The number of aliphatic carboxylic acids is 1. The summed E-state index contributed by atoms with van der Waals surface area (Å²) in [6.07, 6.45) is 3.09. The standard InChI is InChI=1S/C12H16O2.Mg.2H/c1-2-3-10-4-6-11(7-5-10)8-9-12(13)14;;;/h4-7H,2-3,8-9H2,1H3,(H,13,14);;;. The van der Waals surface area contributed by atoms with E-state index in [0.717, 1.165) is 18.4 Å². The van der Waals surface area contributed by atoms with Gasteiger partial charge in [-0.3, -0.25) is 4.79 Å². The van der Waals surface area contributed by atoms with Crippen molar-refractivity contribution in [3.8, 4) is 0 Å². The van der Waals surface area contributed by atoms with E-state index in [9.17, 15) is 4.79 Å². The van der Waals surface area contributed by atoms with E-state index in [4.69, 9.17) is 5.11 Å². The van der Waals surface area contributed by atoms with Crippen molar-refractivity contribution in [2.24, 2.45) is 0 Å². The van der Waals surface area contributed by atoms with Crippen molar-refractivity contribution in [2.75, 3.05) is 0 Å². The highest BCUT2D eigenvalue weighted by Crippen LogP contribution is 2.08. The fourth-order valence-electron chi connectivity index (χ4n) is 1.41. The zero-order valence-corrected chi connectivity index (χ0v) is 8.49. The Bertz CT molecular complexity index is 293. The van der Waals surface area contributed by atoms with Crippen molar-refractivity contribution in [2.45, 2.75) is 32.6 Å². The van der Waals surface area contributed by atoms with Gasteiger partial charge in [0.2, 0.25) is 0 Å². The molecule has 0 spiro atoms. The number of aryl methyl sites for hydroxylation is 2. The molecular weight excluding hydrogens is 200 g/mol. The Kier molecular flexibility index (Phi) is 7.43.